The van der Waals surface area contributed by atoms with Crippen molar-refractivity contribution in [2.24, 2.45) is 5.92 Å². The van der Waals surface area contributed by atoms with Gasteiger partial charge in [0.1, 0.15) is 11.8 Å². The molecule has 10 heteroatoms. The zero-order valence-corrected chi connectivity index (χ0v) is 20.3. The molecular weight excluding hydrogens is 446 g/mol. The lowest BCUT2D eigenvalue weighted by atomic mass is 10.0. The van der Waals surface area contributed by atoms with Crippen LogP contribution in [0.4, 0.5) is 16.2 Å². The van der Waals surface area contributed by atoms with E-state index in [2.05, 4.69) is 20.1 Å². The number of amides is 2. The second kappa shape index (κ2) is 11.6. The molecule has 0 aliphatic heterocycles. The maximum Gasteiger partial charge on any atom is 0.407 e. The summed E-state index contributed by atoms with van der Waals surface area (Å²) in [5, 5.41) is 5.19. The van der Waals surface area contributed by atoms with Crippen LogP contribution in [-0.2, 0) is 19.6 Å². The van der Waals surface area contributed by atoms with Gasteiger partial charge in [-0.25, -0.2) is 13.2 Å². The van der Waals surface area contributed by atoms with Gasteiger partial charge in [0.15, 0.2) is 0 Å². The Labute approximate surface area is 194 Å². The Morgan fingerprint density at radius 2 is 1.67 bits per heavy atom. The molecule has 0 spiro atoms. The van der Waals surface area contributed by atoms with Crippen LogP contribution in [0.5, 0.6) is 5.75 Å². The van der Waals surface area contributed by atoms with Crippen molar-refractivity contribution in [3.05, 3.63) is 48.0 Å². The van der Waals surface area contributed by atoms with Gasteiger partial charge >= 0.3 is 6.09 Å². The molecule has 0 aromatic heterocycles. The standard InChI is InChI=1S/C23H31N3O6S/c1-6-32-19-11-9-17(10-12-19)26-33(29,30)21-14-18(8-7-16(21)4)24-22(27)20(13-15(2)3)25-23(28)31-5/h7-12,14-15,20,26H,6,13H2,1-5H3,(H,24,27)(H,25,28). The summed E-state index contributed by atoms with van der Waals surface area (Å²) < 4.78 is 38.5. The van der Waals surface area contributed by atoms with Crippen LogP contribution in [0.15, 0.2) is 47.4 Å². The largest absolute Gasteiger partial charge is 0.494 e. The summed E-state index contributed by atoms with van der Waals surface area (Å²) in [5.41, 5.74) is 1.18. The minimum Gasteiger partial charge on any atom is -0.494 e. The summed E-state index contributed by atoms with van der Waals surface area (Å²) in [6.07, 6.45) is -0.334. The average Bonchev–Trinajstić information content (AvgIpc) is 2.75. The van der Waals surface area contributed by atoms with E-state index >= 15 is 0 Å². The summed E-state index contributed by atoms with van der Waals surface area (Å²) in [5.74, 6) is 0.295. The number of ether oxygens (including phenoxy) is 2. The first kappa shape index (κ1) is 26.0. The summed E-state index contributed by atoms with van der Waals surface area (Å²) >= 11 is 0. The number of nitrogens with one attached hydrogen (secondary N) is 3. The summed E-state index contributed by atoms with van der Waals surface area (Å²) in [6.45, 7) is 7.88. The molecular formula is C23H31N3O6S. The molecule has 2 aromatic carbocycles. The van der Waals surface area contributed by atoms with Gasteiger partial charge in [-0.15, -0.1) is 0 Å². The number of methoxy groups -OCH3 is 1. The van der Waals surface area contributed by atoms with Crippen LogP contribution >= 0.6 is 0 Å². The smallest absolute Gasteiger partial charge is 0.407 e. The molecule has 0 aliphatic carbocycles. The number of hydrogen-bond donors (Lipinski definition) is 3. The zero-order chi connectivity index (χ0) is 24.6. The Morgan fingerprint density at radius 3 is 2.24 bits per heavy atom. The van der Waals surface area contributed by atoms with Gasteiger partial charge in [0.25, 0.3) is 10.0 Å². The minimum atomic E-state index is -3.92. The van der Waals surface area contributed by atoms with Gasteiger partial charge in [0, 0.05) is 11.4 Å². The molecule has 0 heterocycles. The van der Waals surface area contributed by atoms with Crippen LogP contribution in [0.1, 0.15) is 32.8 Å². The molecule has 0 aliphatic rings. The fourth-order valence-electron chi connectivity index (χ4n) is 3.10. The van der Waals surface area contributed by atoms with Gasteiger partial charge in [-0.1, -0.05) is 19.9 Å². The number of carbonyl (C=O) groups is 2. The number of aryl methyl sites for hydroxylation is 1. The highest BCUT2D eigenvalue weighted by Crippen LogP contribution is 2.24. The highest BCUT2D eigenvalue weighted by Gasteiger charge is 2.24. The normalized spacial score (nSPS) is 12.1. The average molecular weight is 478 g/mol. The fourth-order valence-corrected chi connectivity index (χ4v) is 4.43. The number of rotatable bonds is 10. The molecule has 0 fully saturated rings. The van der Waals surface area contributed by atoms with E-state index in [1.807, 2.05) is 20.8 Å². The van der Waals surface area contributed by atoms with Gasteiger partial charge in [0.2, 0.25) is 5.91 Å². The molecule has 0 radical (unpaired) electrons. The SMILES string of the molecule is CCOc1ccc(NS(=O)(=O)c2cc(NC(=O)C(CC(C)C)NC(=O)OC)ccc2C)cc1. The van der Waals surface area contributed by atoms with Crippen LogP contribution in [0.25, 0.3) is 0 Å². The molecule has 2 rings (SSSR count). The monoisotopic (exact) mass is 477 g/mol. The Morgan fingerprint density at radius 1 is 1.03 bits per heavy atom. The third kappa shape index (κ3) is 7.67. The summed E-state index contributed by atoms with van der Waals surface area (Å²) in [6, 6.07) is 10.3. The van der Waals surface area contributed by atoms with Crippen molar-refractivity contribution in [2.75, 3.05) is 23.8 Å². The topological polar surface area (TPSA) is 123 Å². The Hall–Kier alpha value is -3.27. The zero-order valence-electron chi connectivity index (χ0n) is 19.5. The molecule has 1 unspecified atom stereocenters. The Balaban J connectivity index is 2.22. The van der Waals surface area contributed by atoms with E-state index in [1.165, 1.54) is 13.2 Å². The second-order valence-corrected chi connectivity index (χ2v) is 9.50. The van der Waals surface area contributed by atoms with Crippen molar-refractivity contribution >= 4 is 33.4 Å². The van der Waals surface area contributed by atoms with Gasteiger partial charge < -0.3 is 20.1 Å². The van der Waals surface area contributed by atoms with Gasteiger partial charge in [0.05, 0.1) is 18.6 Å². The molecule has 1 atom stereocenters. The Bertz CT molecular complexity index is 1070. The first-order valence-electron chi connectivity index (χ1n) is 10.6. The van der Waals surface area contributed by atoms with Crippen molar-refractivity contribution in [1.82, 2.24) is 5.32 Å². The second-order valence-electron chi connectivity index (χ2n) is 7.85. The van der Waals surface area contributed by atoms with E-state index in [-0.39, 0.29) is 16.5 Å². The van der Waals surface area contributed by atoms with Crippen LogP contribution in [0, 0.1) is 12.8 Å². The fraction of sp³-hybridized carbons (Fsp3) is 0.391. The molecule has 2 aromatic rings. The number of carbonyl (C=O) groups excluding carboxylic acids is 2. The molecule has 0 saturated carbocycles. The van der Waals surface area contributed by atoms with Crippen LogP contribution in [-0.4, -0.2) is 40.2 Å². The van der Waals surface area contributed by atoms with E-state index < -0.39 is 28.1 Å². The highest BCUT2D eigenvalue weighted by atomic mass is 32.2. The van der Waals surface area contributed by atoms with Crippen molar-refractivity contribution in [3.8, 4) is 5.75 Å². The van der Waals surface area contributed by atoms with Crippen molar-refractivity contribution in [1.29, 1.82) is 0 Å². The molecule has 33 heavy (non-hydrogen) atoms. The number of alkyl carbamates (subject to hydrolysis) is 1. The lowest BCUT2D eigenvalue weighted by molar-refractivity contribution is -0.118. The molecule has 180 valence electrons. The van der Waals surface area contributed by atoms with Crippen LogP contribution in [0.2, 0.25) is 0 Å². The number of sulfonamides is 1. The lowest BCUT2D eigenvalue weighted by Gasteiger charge is -2.20. The summed E-state index contributed by atoms with van der Waals surface area (Å²) in [7, 11) is -2.71. The molecule has 0 bridgehead atoms. The predicted octanol–water partition coefficient (Wildman–Crippen LogP) is 3.90. The Kier molecular flexibility index (Phi) is 9.10. The lowest BCUT2D eigenvalue weighted by Crippen LogP contribution is -2.44. The number of benzene rings is 2. The van der Waals surface area contributed by atoms with E-state index in [1.54, 1.807) is 43.3 Å². The van der Waals surface area contributed by atoms with Crippen LogP contribution < -0.4 is 20.1 Å². The summed E-state index contributed by atoms with van der Waals surface area (Å²) in [4.78, 5) is 24.4. The van der Waals surface area contributed by atoms with Gasteiger partial charge in [-0.2, -0.15) is 0 Å². The maximum absolute atomic E-state index is 13.0. The molecule has 2 amide bonds. The van der Waals surface area contributed by atoms with Gasteiger partial charge in [-0.3, -0.25) is 9.52 Å². The van der Waals surface area contributed by atoms with Crippen molar-refractivity contribution < 1.29 is 27.5 Å². The minimum absolute atomic E-state index is 0.0236. The third-order valence-corrected chi connectivity index (χ3v) is 6.19. The van der Waals surface area contributed by atoms with E-state index in [0.717, 1.165) is 0 Å². The van der Waals surface area contributed by atoms with Crippen LogP contribution in [0.3, 0.4) is 0 Å². The maximum atomic E-state index is 13.0. The first-order valence-corrected chi connectivity index (χ1v) is 12.1. The first-order chi connectivity index (χ1) is 15.6. The molecule has 3 N–H and O–H groups in total. The van der Waals surface area contributed by atoms with E-state index in [4.69, 9.17) is 4.74 Å². The van der Waals surface area contributed by atoms with E-state index in [9.17, 15) is 18.0 Å². The quantitative estimate of drug-likeness (QED) is 0.477. The molecule has 0 saturated heterocycles. The highest BCUT2D eigenvalue weighted by molar-refractivity contribution is 7.92. The molecule has 9 nitrogen and oxygen atoms in total. The van der Waals surface area contributed by atoms with Crippen molar-refractivity contribution in [2.45, 2.75) is 45.1 Å². The third-order valence-electron chi connectivity index (χ3n) is 4.66. The van der Waals surface area contributed by atoms with E-state index in [0.29, 0.717) is 30.0 Å². The number of anilines is 2. The van der Waals surface area contributed by atoms with Crippen molar-refractivity contribution in [3.63, 3.8) is 0 Å². The predicted molar refractivity (Wildman–Crippen MR) is 127 cm³/mol. The van der Waals surface area contributed by atoms with Gasteiger partial charge in [-0.05, 0) is 68.1 Å². The number of hydrogen-bond acceptors (Lipinski definition) is 6.